The van der Waals surface area contributed by atoms with Crippen LogP contribution >= 0.6 is 11.3 Å². The fraction of sp³-hybridized carbons (Fsp3) is 0.233. The molecule has 0 bridgehead atoms. The Labute approximate surface area is 230 Å². The van der Waals surface area contributed by atoms with Crippen molar-refractivity contribution in [2.75, 3.05) is 25.2 Å². The minimum atomic E-state index is -0.900. The molecule has 200 valence electrons. The van der Waals surface area contributed by atoms with Crippen LogP contribution < -0.4 is 19.1 Å². The van der Waals surface area contributed by atoms with Gasteiger partial charge in [-0.15, -0.1) is 0 Å². The summed E-state index contributed by atoms with van der Waals surface area (Å²) in [5.74, 6) is 0.0401. The number of fused-ring (bicyclic) bond motifs is 1. The van der Waals surface area contributed by atoms with E-state index in [0.717, 1.165) is 11.1 Å². The Balaban J connectivity index is 1.65. The van der Waals surface area contributed by atoms with Gasteiger partial charge in [0, 0.05) is 5.56 Å². The summed E-state index contributed by atoms with van der Waals surface area (Å²) in [6.07, 6.45) is 0.866. The van der Waals surface area contributed by atoms with Gasteiger partial charge in [-0.25, -0.2) is 4.98 Å². The zero-order chi connectivity index (χ0) is 27.5. The SMILES string of the molecule is CCCOc1ccc(C2/C(=C(\O)c3cccc(OC)c3)C(=O)C(=O)N2c2nc3ccc(OCC)cc3s2)cc1. The Morgan fingerprint density at radius 1 is 0.974 bits per heavy atom. The smallest absolute Gasteiger partial charge is 0.301 e. The number of aromatic nitrogens is 1. The number of hydrogen-bond donors (Lipinski definition) is 1. The molecule has 5 rings (SSSR count). The van der Waals surface area contributed by atoms with Crippen LogP contribution in [0.2, 0.25) is 0 Å². The van der Waals surface area contributed by atoms with Crippen molar-refractivity contribution >= 4 is 44.1 Å². The lowest BCUT2D eigenvalue weighted by Crippen LogP contribution is -2.29. The molecule has 8 nitrogen and oxygen atoms in total. The Morgan fingerprint density at radius 3 is 2.46 bits per heavy atom. The van der Waals surface area contributed by atoms with Crippen molar-refractivity contribution in [3.63, 3.8) is 0 Å². The van der Waals surface area contributed by atoms with Crippen molar-refractivity contribution in [3.05, 3.63) is 83.4 Å². The summed E-state index contributed by atoms with van der Waals surface area (Å²) in [4.78, 5) is 33.1. The van der Waals surface area contributed by atoms with Gasteiger partial charge in [-0.2, -0.15) is 0 Å². The fourth-order valence-corrected chi connectivity index (χ4v) is 5.51. The number of benzene rings is 3. The topological polar surface area (TPSA) is 98.2 Å². The Hall–Kier alpha value is -4.37. The van der Waals surface area contributed by atoms with E-state index in [2.05, 4.69) is 4.98 Å². The second-order valence-electron chi connectivity index (χ2n) is 8.88. The Morgan fingerprint density at radius 2 is 1.74 bits per heavy atom. The maximum atomic E-state index is 13.5. The highest BCUT2D eigenvalue weighted by atomic mass is 32.1. The van der Waals surface area contributed by atoms with E-state index < -0.39 is 17.7 Å². The van der Waals surface area contributed by atoms with E-state index in [1.165, 1.54) is 23.3 Å². The molecule has 1 saturated heterocycles. The third-order valence-electron chi connectivity index (χ3n) is 6.32. The van der Waals surface area contributed by atoms with Crippen LogP contribution in [0.15, 0.2) is 72.3 Å². The number of hydrogen-bond acceptors (Lipinski definition) is 8. The standard InChI is InChI=1S/C30H28N2O6S/c1-4-15-38-20-11-9-18(10-12-20)26-25(27(33)19-7-6-8-21(16-19)36-3)28(34)29(35)32(26)30-31-23-14-13-22(37-5-2)17-24(23)39-30/h6-14,16-17,26,33H,4-5,15H2,1-3H3/b27-25+. The number of Topliss-reactive ketones (excluding diaryl/α,β-unsaturated/α-hetero) is 1. The minimum absolute atomic E-state index is 0.0234. The minimum Gasteiger partial charge on any atom is -0.507 e. The number of aliphatic hydroxyl groups is 1. The van der Waals surface area contributed by atoms with Gasteiger partial charge in [0.25, 0.3) is 5.78 Å². The number of anilines is 1. The van der Waals surface area contributed by atoms with E-state index in [-0.39, 0.29) is 11.3 Å². The molecule has 1 amide bonds. The first-order chi connectivity index (χ1) is 18.9. The molecule has 9 heteroatoms. The van der Waals surface area contributed by atoms with Crippen molar-refractivity contribution in [2.24, 2.45) is 0 Å². The highest BCUT2D eigenvalue weighted by molar-refractivity contribution is 7.22. The molecule has 0 radical (unpaired) electrons. The highest BCUT2D eigenvalue weighted by Gasteiger charge is 2.48. The normalized spacial score (nSPS) is 16.6. The Kier molecular flexibility index (Phi) is 7.51. The van der Waals surface area contributed by atoms with Gasteiger partial charge in [-0.1, -0.05) is 42.5 Å². The van der Waals surface area contributed by atoms with Crippen LogP contribution in [0.5, 0.6) is 17.2 Å². The van der Waals surface area contributed by atoms with Gasteiger partial charge in [0.1, 0.15) is 23.0 Å². The molecule has 1 N–H and O–H groups in total. The number of rotatable bonds is 9. The number of nitrogens with zero attached hydrogens (tertiary/aromatic N) is 2. The number of ether oxygens (including phenoxy) is 3. The maximum absolute atomic E-state index is 13.5. The van der Waals surface area contributed by atoms with Crippen LogP contribution in [0.1, 0.15) is 37.4 Å². The van der Waals surface area contributed by atoms with Gasteiger partial charge < -0.3 is 19.3 Å². The van der Waals surface area contributed by atoms with Gasteiger partial charge >= 0.3 is 5.91 Å². The second-order valence-corrected chi connectivity index (χ2v) is 9.89. The zero-order valence-corrected chi connectivity index (χ0v) is 22.7. The summed E-state index contributed by atoms with van der Waals surface area (Å²) in [7, 11) is 1.52. The second kappa shape index (κ2) is 11.2. The van der Waals surface area contributed by atoms with E-state index in [4.69, 9.17) is 14.2 Å². The first-order valence-corrected chi connectivity index (χ1v) is 13.5. The summed E-state index contributed by atoms with van der Waals surface area (Å²) < 4.78 is 17.4. The average Bonchev–Trinajstić information content (AvgIpc) is 3.49. The van der Waals surface area contributed by atoms with E-state index in [1.54, 1.807) is 48.5 Å². The molecular formula is C30H28N2O6S. The maximum Gasteiger partial charge on any atom is 0.301 e. The lowest BCUT2D eigenvalue weighted by molar-refractivity contribution is -0.132. The quantitative estimate of drug-likeness (QED) is 0.154. The van der Waals surface area contributed by atoms with E-state index >= 15 is 0 Å². The van der Waals surface area contributed by atoms with Crippen LogP contribution in [0.25, 0.3) is 16.0 Å². The van der Waals surface area contributed by atoms with Crippen molar-refractivity contribution < 1.29 is 28.9 Å². The molecule has 2 heterocycles. The first kappa shape index (κ1) is 26.2. The van der Waals surface area contributed by atoms with Crippen LogP contribution in [-0.4, -0.2) is 42.1 Å². The zero-order valence-electron chi connectivity index (χ0n) is 21.8. The molecular weight excluding hydrogens is 516 g/mol. The lowest BCUT2D eigenvalue weighted by Gasteiger charge is -2.23. The summed E-state index contributed by atoms with van der Waals surface area (Å²) in [5, 5.41) is 11.7. The van der Waals surface area contributed by atoms with Crippen LogP contribution in [0.4, 0.5) is 5.13 Å². The molecule has 1 fully saturated rings. The van der Waals surface area contributed by atoms with Gasteiger partial charge in [0.15, 0.2) is 5.13 Å². The predicted octanol–water partition coefficient (Wildman–Crippen LogP) is 6.12. The number of aliphatic hydroxyl groups excluding tert-OH is 1. The van der Waals surface area contributed by atoms with Crippen molar-refractivity contribution in [1.82, 2.24) is 4.98 Å². The van der Waals surface area contributed by atoms with Crippen LogP contribution in [-0.2, 0) is 9.59 Å². The average molecular weight is 545 g/mol. The highest BCUT2D eigenvalue weighted by Crippen LogP contribution is 2.45. The molecule has 1 aliphatic heterocycles. The van der Waals surface area contributed by atoms with Crippen LogP contribution in [0, 0.1) is 0 Å². The molecule has 0 spiro atoms. The third-order valence-corrected chi connectivity index (χ3v) is 7.34. The number of methoxy groups -OCH3 is 1. The molecule has 1 unspecified atom stereocenters. The van der Waals surface area contributed by atoms with Gasteiger partial charge in [0.2, 0.25) is 0 Å². The van der Waals surface area contributed by atoms with Crippen molar-refractivity contribution in [2.45, 2.75) is 26.3 Å². The van der Waals surface area contributed by atoms with E-state index in [0.29, 0.717) is 52.2 Å². The number of amides is 1. The first-order valence-electron chi connectivity index (χ1n) is 12.7. The summed E-state index contributed by atoms with van der Waals surface area (Å²) in [5.41, 5.74) is 1.66. The van der Waals surface area contributed by atoms with Crippen molar-refractivity contribution in [3.8, 4) is 17.2 Å². The molecule has 0 aliphatic carbocycles. The molecule has 1 aromatic heterocycles. The van der Waals surface area contributed by atoms with Gasteiger partial charge in [-0.05, 0) is 61.4 Å². The third kappa shape index (κ3) is 5.05. The predicted molar refractivity (Wildman–Crippen MR) is 151 cm³/mol. The van der Waals surface area contributed by atoms with E-state index in [9.17, 15) is 14.7 Å². The number of carbonyl (C=O) groups excluding carboxylic acids is 2. The number of carbonyl (C=O) groups is 2. The molecule has 3 aromatic carbocycles. The van der Waals surface area contributed by atoms with Gasteiger partial charge in [0.05, 0.1) is 42.2 Å². The van der Waals surface area contributed by atoms with Crippen molar-refractivity contribution in [1.29, 1.82) is 0 Å². The van der Waals surface area contributed by atoms with Crippen LogP contribution in [0.3, 0.4) is 0 Å². The lowest BCUT2D eigenvalue weighted by atomic mass is 9.95. The molecule has 39 heavy (non-hydrogen) atoms. The fourth-order valence-electron chi connectivity index (χ4n) is 4.49. The number of ketones is 1. The summed E-state index contributed by atoms with van der Waals surface area (Å²) in [6, 6.07) is 18.5. The summed E-state index contributed by atoms with van der Waals surface area (Å²) >= 11 is 1.28. The largest absolute Gasteiger partial charge is 0.507 e. The van der Waals surface area contributed by atoms with Gasteiger partial charge in [-0.3, -0.25) is 14.5 Å². The monoisotopic (exact) mass is 544 g/mol. The molecule has 1 atom stereocenters. The van der Waals surface area contributed by atoms with E-state index in [1.807, 2.05) is 32.0 Å². The molecule has 0 saturated carbocycles. The number of thiazole rings is 1. The molecule has 4 aromatic rings. The Bertz CT molecular complexity index is 1560. The molecule has 1 aliphatic rings. The summed E-state index contributed by atoms with van der Waals surface area (Å²) in [6.45, 7) is 5.02.